The molecule has 0 aromatic heterocycles. The number of rotatable bonds is 22. The quantitative estimate of drug-likeness (QED) is 0.0425. The lowest BCUT2D eigenvalue weighted by molar-refractivity contribution is -0.277. The van der Waals surface area contributed by atoms with Gasteiger partial charge in [-0.2, -0.15) is 0 Å². The third-order valence-electron chi connectivity index (χ3n) is 22.8. The van der Waals surface area contributed by atoms with Crippen molar-refractivity contribution in [2.75, 3.05) is 47.4 Å². The summed E-state index contributed by atoms with van der Waals surface area (Å²) in [5.74, 6) is -14.9. The predicted octanol–water partition coefficient (Wildman–Crippen LogP) is 4.08. The second-order valence-corrected chi connectivity index (χ2v) is 33.4. The van der Waals surface area contributed by atoms with E-state index in [-0.39, 0.29) is 59.1 Å². The third kappa shape index (κ3) is 21.2. The molecule has 2 saturated heterocycles. The number of phenolic OH excluding ortho intramolecular Hbond substituents is 4. The van der Waals surface area contributed by atoms with Crippen LogP contribution in [0.2, 0.25) is 10.0 Å². The number of benzene rings is 7. The molecule has 0 aliphatic carbocycles. The van der Waals surface area contributed by atoms with E-state index in [9.17, 15) is 70.9 Å². The van der Waals surface area contributed by atoms with Gasteiger partial charge < -0.3 is 147 Å². The molecule has 21 N–H and O–H groups in total. The van der Waals surface area contributed by atoms with Crippen LogP contribution in [0.25, 0.3) is 11.1 Å². The molecule has 15 rings (SSSR count). The number of aromatic hydroxyl groups is 4. The van der Waals surface area contributed by atoms with Crippen LogP contribution in [-0.4, -0.2) is 234 Å². The van der Waals surface area contributed by atoms with Gasteiger partial charge in [0.05, 0.1) is 23.3 Å². The molecule has 7 aromatic rings. The van der Waals surface area contributed by atoms with Crippen LogP contribution in [0.1, 0.15) is 147 Å². The summed E-state index contributed by atoms with van der Waals surface area (Å²) in [6.07, 6.45) is -13.8. The highest BCUT2D eigenvalue weighted by molar-refractivity contribution is 6.33. The van der Waals surface area contributed by atoms with Gasteiger partial charge in [-0.3, -0.25) is 38.4 Å². The summed E-state index contributed by atoms with van der Waals surface area (Å²) in [6, 6.07) is 6.60. The largest absolute Gasteiger partial charge is 0.508 e. The Morgan fingerprint density at radius 1 is 0.543 bits per heavy atom. The number of hydrogen-bond donors (Lipinski definition) is 21. The Morgan fingerprint density at radius 3 is 1.86 bits per heavy atom. The molecule has 39 heteroatoms. The van der Waals surface area contributed by atoms with Crippen molar-refractivity contribution in [3.8, 4) is 80.1 Å². The number of aliphatic hydroxyl groups is 8. The highest BCUT2D eigenvalue weighted by Gasteiger charge is 2.50. The summed E-state index contributed by atoms with van der Waals surface area (Å²) < 4.78 is 44.9. The van der Waals surface area contributed by atoms with Gasteiger partial charge in [0.2, 0.25) is 65.6 Å². The van der Waals surface area contributed by atoms with Crippen molar-refractivity contribution >= 4 is 70.5 Å². The van der Waals surface area contributed by atoms with E-state index in [2.05, 4.69) is 61.7 Å². The minimum absolute atomic E-state index is 0.0760. The van der Waals surface area contributed by atoms with Crippen LogP contribution in [0.5, 0.6) is 69.0 Å². The lowest BCUT2D eigenvalue weighted by Crippen LogP contribution is -2.65. The molecule has 8 heterocycles. The van der Waals surface area contributed by atoms with Crippen molar-refractivity contribution in [3.05, 3.63) is 164 Å². The van der Waals surface area contributed by atoms with Gasteiger partial charge in [-0.1, -0.05) is 106 Å². The summed E-state index contributed by atoms with van der Waals surface area (Å²) >= 11 is 14.3. The number of aliphatic hydroxyl groups excluding tert-OH is 8. The van der Waals surface area contributed by atoms with Crippen LogP contribution in [0, 0.1) is 5.92 Å². The van der Waals surface area contributed by atoms with Crippen LogP contribution in [-0.2, 0) is 54.3 Å². The first-order valence-electron chi connectivity index (χ1n) is 41.5. The van der Waals surface area contributed by atoms with Gasteiger partial charge in [-0.15, -0.1) is 0 Å². The molecular formula is C88H102Cl2N10O27. The second-order valence-electron chi connectivity index (χ2n) is 32.7. The molecule has 37 nitrogen and oxygen atoms in total. The molecule has 127 heavy (non-hydrogen) atoms. The fourth-order valence-corrected chi connectivity index (χ4v) is 16.4. The monoisotopic (exact) mass is 1800 g/mol. The Bertz CT molecular complexity index is 5240. The number of unbranched alkanes of at least 4 members (excludes halogenated alkanes) is 5. The Balaban J connectivity index is 1.04. The van der Waals surface area contributed by atoms with E-state index in [0.717, 1.165) is 92.8 Å². The molecule has 0 saturated carbocycles. The molecule has 0 spiro atoms. The normalized spacial score (nSPS) is 26.0. The topological polar surface area (TPSA) is 555 Å². The molecule has 8 amide bonds. The molecular weight excluding hydrogens is 1700 g/mol. The zero-order chi connectivity index (χ0) is 91.1. The zero-order valence-corrected chi connectivity index (χ0v) is 71.0. The summed E-state index contributed by atoms with van der Waals surface area (Å²) in [6.45, 7) is 2.73. The maximum absolute atomic E-state index is 16.8. The van der Waals surface area contributed by atoms with Crippen LogP contribution in [0.15, 0.2) is 115 Å². The second kappa shape index (κ2) is 40.7. The summed E-state index contributed by atoms with van der Waals surface area (Å²) in [5.41, 5.74) is -2.44. The van der Waals surface area contributed by atoms with Crippen LogP contribution < -0.4 is 71.5 Å². The van der Waals surface area contributed by atoms with E-state index in [4.69, 9.17) is 56.4 Å². The minimum atomic E-state index is -2.40. The number of likely N-dealkylation sites (N-methyl/N-ethyl adjacent to an activating group) is 1. The third-order valence-corrected chi connectivity index (χ3v) is 23.5. The first kappa shape index (κ1) is 93.2. The van der Waals surface area contributed by atoms with Gasteiger partial charge in [0.15, 0.2) is 23.0 Å². The highest BCUT2D eigenvalue weighted by Crippen LogP contribution is 2.51. The maximum atomic E-state index is 16.8. The number of nitrogens with one attached hydrogen (secondary N) is 9. The highest BCUT2D eigenvalue weighted by atomic mass is 35.5. The number of phenols is 4. The van der Waals surface area contributed by atoms with Gasteiger partial charge in [0, 0.05) is 48.2 Å². The van der Waals surface area contributed by atoms with Gasteiger partial charge in [0.1, 0.15) is 137 Å². The van der Waals surface area contributed by atoms with Crippen molar-refractivity contribution in [3.63, 3.8) is 0 Å². The van der Waals surface area contributed by atoms with Crippen molar-refractivity contribution in [1.82, 2.24) is 52.8 Å². The number of hydrogen-bond acceptors (Lipinski definition) is 29. The van der Waals surface area contributed by atoms with Gasteiger partial charge in [0.25, 0.3) is 0 Å². The van der Waals surface area contributed by atoms with Crippen molar-refractivity contribution < 1.29 is 133 Å². The number of halogens is 2. The average molecular weight is 1800 g/mol. The molecule has 0 radical (unpaired) electrons. The standard InChI is InChI=1S/C88H102Cl2N10O27/c1-39(2)13-10-8-6-7-9-11-14-63(107)94-72-76(111)74(109)61(37-101)125-87(72)127-79-59-31-44-32-60(79)123-56-24-19-43(29-51(56)89)73(108)71-86(120)98-69(81(115)92-25-12-26-100(4)5)49-33-45(103)34-58(124-88-78(113)77(112)75(110)62(38-102)126-88)64(49)48-28-41(17-22-53(48)104)67(83(117)99-71)95-84(118)68(44)96-85(119)70-50-35-47(36-55(106)65(50)90)122-57-30-42(18-23-54(57)105)66(91-3)82(116)93-52(80(114)97-70)27-40-15-20-46(121-59)21-16-40/h15-24,28-36,39,52,61-62,66-78,87-88,91,101-106,108-113H,6-14,25-27,37-38H2,1-5H3,(H,92,115)(H,93,116)(H,94,107)(H,95,118)(H,96,119)(H,97,114)(H,98,120)(H,99,117)/t52-,61-,62-,66+,67-,68-,69-,70+,71+,72-,73-,74-,75-,76-,77+,78+,87+,88+/m1/s1. The predicted molar refractivity (Wildman–Crippen MR) is 452 cm³/mol. The molecule has 8 aliphatic heterocycles. The Morgan fingerprint density at radius 2 is 1.17 bits per heavy atom. The van der Waals surface area contributed by atoms with E-state index in [0.29, 0.717) is 37.3 Å². The lowest BCUT2D eigenvalue weighted by atomic mass is 9.89. The van der Waals surface area contributed by atoms with Crippen LogP contribution in [0.3, 0.4) is 0 Å². The Labute approximate surface area is 737 Å². The molecule has 8 aliphatic rings. The number of carbonyl (C=O) groups excluding carboxylic acids is 8. The molecule has 0 unspecified atom stereocenters. The Hall–Kier alpha value is -11.4. The minimum Gasteiger partial charge on any atom is -0.508 e. The van der Waals surface area contributed by atoms with E-state index < -0.39 is 254 Å². The van der Waals surface area contributed by atoms with Crippen molar-refractivity contribution in [2.24, 2.45) is 5.92 Å². The fourth-order valence-electron chi connectivity index (χ4n) is 15.9. The van der Waals surface area contributed by atoms with Gasteiger partial charge >= 0.3 is 0 Å². The number of amides is 8. The van der Waals surface area contributed by atoms with E-state index in [1.165, 1.54) is 61.6 Å². The average Bonchev–Trinajstić information content (AvgIpc) is 0.759. The molecule has 2 fully saturated rings. The van der Waals surface area contributed by atoms with Crippen LogP contribution in [0.4, 0.5) is 0 Å². The number of nitrogens with zero attached hydrogens (tertiary/aromatic N) is 1. The van der Waals surface area contributed by atoms with E-state index in [1.54, 1.807) is 14.1 Å². The van der Waals surface area contributed by atoms with Crippen LogP contribution >= 0.6 is 23.2 Å². The summed E-state index contributed by atoms with van der Waals surface area (Å²) in [5, 5.41) is 162. The SMILES string of the molecule is CN[C@@H]1C(=O)N[C@@H]2Cc3ccc(cc3)Oc3cc4cc(c3O[C@@H]3O[C@H](CO)[C@@H](O)[C@H](O)[C@H]3NC(=O)CCCCCCCCC(C)C)Oc3ccc(cc3Cl)[C@@H](O)[C@@H]3NC(=O)[C@H](NC(=O)[C@@H]4NC(=O)[C@@H](NC2=O)c2cc(cc(O)c2Cl)Oc2cc1ccc2O)c1ccc(O)c(c1)-c1c(O[C@H]2O[C@H](CO)[C@@H](O)[C@H](O)[C@@H]2O)cc(O)cc1[C@H](C(=O)NCCCN(C)C)NC3=O. The van der Waals surface area contributed by atoms with Crippen molar-refractivity contribution in [2.45, 2.75) is 188 Å². The number of fused-ring (bicyclic) bond motifs is 14. The number of ether oxygens (including phenoxy) is 7. The van der Waals surface area contributed by atoms with E-state index in [1.807, 2.05) is 4.90 Å². The lowest BCUT2D eigenvalue weighted by Gasteiger charge is -2.42. The summed E-state index contributed by atoms with van der Waals surface area (Å²) in [4.78, 5) is 127. The molecule has 18 atom stereocenters. The summed E-state index contributed by atoms with van der Waals surface area (Å²) in [7, 11) is 4.98. The molecule has 7 aromatic carbocycles. The maximum Gasteiger partial charge on any atom is 0.248 e. The molecule has 17 bridgehead atoms. The fraction of sp³-hybridized carbons (Fsp3) is 0.432. The van der Waals surface area contributed by atoms with Gasteiger partial charge in [-0.25, -0.2) is 0 Å². The Kier molecular flexibility index (Phi) is 29.9. The molecule has 680 valence electrons. The first-order valence-corrected chi connectivity index (χ1v) is 42.3. The van der Waals surface area contributed by atoms with Gasteiger partial charge in [-0.05, 0) is 153 Å². The van der Waals surface area contributed by atoms with Crippen molar-refractivity contribution in [1.29, 1.82) is 0 Å². The smallest absolute Gasteiger partial charge is 0.248 e. The number of carbonyl (C=O) groups is 8. The zero-order valence-electron chi connectivity index (χ0n) is 69.5. The first-order chi connectivity index (χ1) is 60.7. The van der Waals surface area contributed by atoms with E-state index >= 15 is 28.8 Å².